The number of carbonyl (C=O) groups excluding carboxylic acids is 2. The van der Waals surface area contributed by atoms with Crippen molar-refractivity contribution in [1.29, 1.82) is 0 Å². The van der Waals surface area contributed by atoms with Gasteiger partial charge in [0.1, 0.15) is 5.56 Å². The molecular weight excluding hydrogens is 392 g/mol. The number of hydrogen-bond donors (Lipinski definition) is 0. The molecule has 0 aliphatic rings. The minimum atomic E-state index is -1.00. The number of nitro groups is 1. The van der Waals surface area contributed by atoms with Crippen molar-refractivity contribution >= 4 is 17.6 Å². The van der Waals surface area contributed by atoms with Gasteiger partial charge in [-0.15, -0.1) is 0 Å². The second-order valence-electron chi connectivity index (χ2n) is 6.38. The second-order valence-corrected chi connectivity index (χ2v) is 6.38. The number of benzene rings is 2. The van der Waals surface area contributed by atoms with Gasteiger partial charge in [-0.1, -0.05) is 30.3 Å². The molecule has 1 atom stereocenters. The summed E-state index contributed by atoms with van der Waals surface area (Å²) < 4.78 is 15.5. The van der Waals surface area contributed by atoms with Crippen LogP contribution in [0.2, 0.25) is 0 Å². The fraction of sp³-hybridized carbons (Fsp3) is 0.333. The zero-order valence-corrected chi connectivity index (χ0v) is 17.3. The Hall–Kier alpha value is -3.62. The van der Waals surface area contributed by atoms with Gasteiger partial charge in [0.25, 0.3) is 11.6 Å². The second kappa shape index (κ2) is 10.2. The number of nitro benzene ring substituents is 1. The first kappa shape index (κ1) is 22.7. The molecule has 0 N–H and O–H groups in total. The van der Waals surface area contributed by atoms with Crippen molar-refractivity contribution < 1.29 is 28.7 Å². The van der Waals surface area contributed by atoms with Crippen LogP contribution >= 0.6 is 0 Å². The van der Waals surface area contributed by atoms with E-state index in [1.807, 2.05) is 37.3 Å². The molecule has 0 radical (unpaired) electrons. The van der Waals surface area contributed by atoms with E-state index in [0.29, 0.717) is 0 Å². The van der Waals surface area contributed by atoms with Crippen molar-refractivity contribution in [2.24, 2.45) is 0 Å². The van der Waals surface area contributed by atoms with Crippen LogP contribution in [0.4, 0.5) is 5.69 Å². The average molecular weight is 416 g/mol. The predicted molar refractivity (Wildman–Crippen MR) is 109 cm³/mol. The van der Waals surface area contributed by atoms with Crippen LogP contribution in [0.3, 0.4) is 0 Å². The maximum absolute atomic E-state index is 12.5. The number of amides is 1. The maximum Gasteiger partial charge on any atom is 0.345 e. The molecule has 0 spiro atoms. The predicted octanol–water partition coefficient (Wildman–Crippen LogP) is 3.38. The summed E-state index contributed by atoms with van der Waals surface area (Å²) in [6.07, 6.45) is 0. The van der Waals surface area contributed by atoms with Gasteiger partial charge in [0.05, 0.1) is 30.7 Å². The smallest absolute Gasteiger partial charge is 0.345 e. The summed E-state index contributed by atoms with van der Waals surface area (Å²) in [6.45, 7) is 3.26. The Morgan fingerprint density at radius 3 is 2.40 bits per heavy atom. The highest BCUT2D eigenvalue weighted by atomic mass is 16.6. The van der Waals surface area contributed by atoms with Crippen LogP contribution in [0.25, 0.3) is 0 Å². The number of ether oxygens (including phenoxy) is 3. The average Bonchev–Trinajstić information content (AvgIpc) is 2.76. The van der Waals surface area contributed by atoms with E-state index in [1.54, 1.807) is 14.0 Å². The minimum Gasteiger partial charge on any atom is -0.493 e. The number of nitrogens with zero attached hydrogens (tertiary/aromatic N) is 2. The van der Waals surface area contributed by atoms with E-state index in [-0.39, 0.29) is 29.7 Å². The lowest BCUT2D eigenvalue weighted by Gasteiger charge is -2.25. The molecule has 30 heavy (non-hydrogen) atoms. The van der Waals surface area contributed by atoms with Crippen LogP contribution in [0.5, 0.6) is 11.5 Å². The molecule has 9 nitrogen and oxygen atoms in total. The lowest BCUT2D eigenvalue weighted by atomic mass is 10.1. The highest BCUT2D eigenvalue weighted by Gasteiger charge is 2.27. The highest BCUT2D eigenvalue weighted by molar-refractivity contribution is 5.96. The van der Waals surface area contributed by atoms with E-state index in [1.165, 1.54) is 18.1 Å². The molecule has 0 aromatic heterocycles. The summed E-state index contributed by atoms with van der Waals surface area (Å²) >= 11 is 0. The minimum absolute atomic E-state index is 0.135. The third-order valence-electron chi connectivity index (χ3n) is 4.58. The van der Waals surface area contributed by atoms with Crippen LogP contribution in [-0.4, -0.2) is 49.1 Å². The molecule has 0 unspecified atom stereocenters. The van der Waals surface area contributed by atoms with Gasteiger partial charge >= 0.3 is 5.97 Å². The molecule has 0 saturated heterocycles. The topological polar surface area (TPSA) is 108 Å². The summed E-state index contributed by atoms with van der Waals surface area (Å²) in [7, 11) is 2.94. The molecule has 0 heterocycles. The number of hydrogen-bond acceptors (Lipinski definition) is 7. The summed E-state index contributed by atoms with van der Waals surface area (Å²) in [6, 6.07) is 11.4. The van der Waals surface area contributed by atoms with E-state index in [4.69, 9.17) is 14.2 Å². The molecular formula is C21H24N2O7. The monoisotopic (exact) mass is 416 g/mol. The molecule has 0 aliphatic heterocycles. The van der Waals surface area contributed by atoms with Gasteiger partial charge in [-0.25, -0.2) is 4.79 Å². The van der Waals surface area contributed by atoms with Crippen LogP contribution in [0, 0.1) is 10.1 Å². The van der Waals surface area contributed by atoms with Gasteiger partial charge in [0, 0.05) is 13.1 Å². The van der Waals surface area contributed by atoms with Crippen LogP contribution in [-0.2, 0) is 9.53 Å². The summed E-state index contributed by atoms with van der Waals surface area (Å²) in [5.74, 6) is -1.16. The number of likely N-dealkylation sites (N-methyl/N-ethyl adjacent to an activating group) is 1. The van der Waals surface area contributed by atoms with Crippen molar-refractivity contribution in [3.05, 3.63) is 63.7 Å². The van der Waals surface area contributed by atoms with Gasteiger partial charge in [-0.2, -0.15) is 0 Å². The Morgan fingerprint density at radius 1 is 1.17 bits per heavy atom. The standard InChI is InChI=1S/C21H24N2O7/c1-5-29-19-12-17(23(26)27)16(11-18(19)28-4)21(25)30-13-20(24)22(3)14(2)15-9-7-6-8-10-15/h6-12,14H,5,13H2,1-4H3/t14-/m1/s1. The maximum atomic E-state index is 12.5. The first-order valence-corrected chi connectivity index (χ1v) is 9.27. The van der Waals surface area contributed by atoms with Crippen molar-refractivity contribution in [3.63, 3.8) is 0 Å². The fourth-order valence-corrected chi connectivity index (χ4v) is 2.77. The molecule has 0 bridgehead atoms. The van der Waals surface area contributed by atoms with Gasteiger partial charge < -0.3 is 19.1 Å². The zero-order chi connectivity index (χ0) is 22.3. The third kappa shape index (κ3) is 5.25. The number of rotatable bonds is 9. The van der Waals surface area contributed by atoms with E-state index in [2.05, 4.69) is 0 Å². The van der Waals surface area contributed by atoms with Crippen molar-refractivity contribution in [2.75, 3.05) is 27.4 Å². The Bertz CT molecular complexity index is 915. The third-order valence-corrected chi connectivity index (χ3v) is 4.58. The van der Waals surface area contributed by atoms with E-state index in [9.17, 15) is 19.7 Å². The van der Waals surface area contributed by atoms with Crippen LogP contribution in [0.1, 0.15) is 35.8 Å². The summed E-state index contributed by atoms with van der Waals surface area (Å²) in [4.78, 5) is 37.0. The Balaban J connectivity index is 2.15. The highest BCUT2D eigenvalue weighted by Crippen LogP contribution is 2.35. The van der Waals surface area contributed by atoms with Gasteiger partial charge in [-0.3, -0.25) is 14.9 Å². The fourth-order valence-electron chi connectivity index (χ4n) is 2.77. The van der Waals surface area contributed by atoms with Gasteiger partial charge in [-0.05, 0) is 19.4 Å². The largest absolute Gasteiger partial charge is 0.493 e. The van der Waals surface area contributed by atoms with Crippen LogP contribution in [0.15, 0.2) is 42.5 Å². The van der Waals surface area contributed by atoms with Crippen molar-refractivity contribution in [3.8, 4) is 11.5 Å². The zero-order valence-electron chi connectivity index (χ0n) is 17.3. The lowest BCUT2D eigenvalue weighted by molar-refractivity contribution is -0.385. The molecule has 0 fully saturated rings. The van der Waals surface area contributed by atoms with Gasteiger partial charge in [0.2, 0.25) is 0 Å². The number of carbonyl (C=O) groups is 2. The molecule has 160 valence electrons. The molecule has 2 rings (SSSR count). The Morgan fingerprint density at radius 2 is 1.83 bits per heavy atom. The Labute approximate surface area is 174 Å². The van der Waals surface area contributed by atoms with Crippen molar-refractivity contribution in [1.82, 2.24) is 4.90 Å². The SMILES string of the molecule is CCOc1cc([N+](=O)[O-])c(C(=O)OCC(=O)N(C)[C@H](C)c2ccccc2)cc1OC. The number of methoxy groups -OCH3 is 1. The normalized spacial score (nSPS) is 11.3. The van der Waals surface area contributed by atoms with E-state index >= 15 is 0 Å². The molecule has 2 aromatic rings. The lowest BCUT2D eigenvalue weighted by Crippen LogP contribution is -2.33. The first-order chi connectivity index (χ1) is 14.3. The quantitative estimate of drug-likeness (QED) is 0.350. The number of esters is 1. The van der Waals surface area contributed by atoms with Gasteiger partial charge in [0.15, 0.2) is 18.1 Å². The van der Waals surface area contributed by atoms with Crippen LogP contribution < -0.4 is 9.47 Å². The molecule has 0 saturated carbocycles. The summed E-state index contributed by atoms with van der Waals surface area (Å²) in [5, 5.41) is 11.4. The molecule has 1 amide bonds. The molecule has 0 aliphatic carbocycles. The Kier molecular flexibility index (Phi) is 7.74. The summed E-state index contributed by atoms with van der Waals surface area (Å²) in [5.41, 5.74) is 0.0983. The van der Waals surface area contributed by atoms with E-state index < -0.39 is 29.1 Å². The van der Waals surface area contributed by atoms with Crippen molar-refractivity contribution in [2.45, 2.75) is 19.9 Å². The first-order valence-electron chi connectivity index (χ1n) is 9.27. The molecule has 2 aromatic carbocycles. The molecule has 9 heteroatoms. The van der Waals surface area contributed by atoms with E-state index in [0.717, 1.165) is 11.6 Å².